The minimum Gasteiger partial charge on any atom is -0.383 e. The summed E-state index contributed by atoms with van der Waals surface area (Å²) >= 11 is 0. The molecule has 2 aromatic carbocycles. The van der Waals surface area contributed by atoms with Crippen molar-refractivity contribution in [1.82, 2.24) is 9.97 Å². The number of aryl methyl sites for hydroxylation is 2. The van der Waals surface area contributed by atoms with E-state index in [2.05, 4.69) is 15.3 Å². The van der Waals surface area contributed by atoms with Crippen molar-refractivity contribution in [3.05, 3.63) is 83.3 Å². The first-order valence-electron chi connectivity index (χ1n) is 9.13. The van der Waals surface area contributed by atoms with Crippen molar-refractivity contribution in [3.63, 3.8) is 0 Å². The Balaban J connectivity index is 1.70. The molecule has 0 atom stereocenters. The number of nitrogens with two attached hydrogens (primary N) is 1. The fourth-order valence-corrected chi connectivity index (χ4v) is 3.17. The third-order valence-electron chi connectivity index (χ3n) is 4.70. The lowest BCUT2D eigenvalue weighted by atomic mass is 10.0. The van der Waals surface area contributed by atoms with Gasteiger partial charge in [0.05, 0.1) is 5.52 Å². The maximum Gasteiger partial charge on any atom is 0.256 e. The second-order valence-corrected chi connectivity index (χ2v) is 6.90. The first kappa shape index (κ1) is 18.6. The van der Waals surface area contributed by atoms with Gasteiger partial charge in [-0.1, -0.05) is 23.8 Å². The molecule has 5 nitrogen and oxygen atoms in total. The largest absolute Gasteiger partial charge is 0.383 e. The molecule has 0 saturated heterocycles. The molecule has 2 heterocycles. The van der Waals surface area contributed by atoms with Crippen molar-refractivity contribution in [2.45, 2.75) is 13.8 Å². The number of pyridine rings is 2. The molecule has 6 heteroatoms. The van der Waals surface area contributed by atoms with Crippen LogP contribution < -0.4 is 11.1 Å². The zero-order valence-corrected chi connectivity index (χ0v) is 16.0. The van der Waals surface area contributed by atoms with E-state index in [-0.39, 0.29) is 11.7 Å². The Labute approximate surface area is 167 Å². The maximum atomic E-state index is 14.7. The Bertz CT molecular complexity index is 1230. The van der Waals surface area contributed by atoms with Gasteiger partial charge < -0.3 is 11.1 Å². The topological polar surface area (TPSA) is 80.9 Å². The molecule has 3 N–H and O–H groups in total. The summed E-state index contributed by atoms with van der Waals surface area (Å²) < 4.78 is 14.7. The number of anilines is 2. The van der Waals surface area contributed by atoms with Gasteiger partial charge in [0.15, 0.2) is 0 Å². The van der Waals surface area contributed by atoms with Crippen molar-refractivity contribution in [3.8, 4) is 11.1 Å². The number of nitrogens with one attached hydrogen (secondary N) is 1. The molecule has 0 radical (unpaired) electrons. The van der Waals surface area contributed by atoms with Crippen LogP contribution in [0.1, 0.15) is 21.6 Å². The first-order valence-corrected chi connectivity index (χ1v) is 9.13. The fourth-order valence-electron chi connectivity index (χ4n) is 3.17. The lowest BCUT2D eigenvalue weighted by Crippen LogP contribution is -2.13. The number of amides is 1. The van der Waals surface area contributed by atoms with Gasteiger partial charge in [0.2, 0.25) is 0 Å². The standard InChI is InChI=1S/C23H19FN4O/c1-13-3-6-16(7-4-13)23(29)28-19-12-10-17(22(25)27-19)20-18(24)11-9-15-8-5-14(2)26-21(15)20/h3-12H,1-2H3,(H3,25,27,28,29). The number of halogens is 1. The molecular formula is C23H19FN4O. The highest BCUT2D eigenvalue weighted by Crippen LogP contribution is 2.34. The average Bonchev–Trinajstić information content (AvgIpc) is 2.69. The Morgan fingerprint density at radius 1 is 0.931 bits per heavy atom. The Morgan fingerprint density at radius 3 is 2.38 bits per heavy atom. The number of rotatable bonds is 3. The van der Waals surface area contributed by atoms with Gasteiger partial charge in [-0.05, 0) is 56.3 Å². The van der Waals surface area contributed by atoms with E-state index in [1.807, 2.05) is 38.1 Å². The van der Waals surface area contributed by atoms with Gasteiger partial charge in [0, 0.05) is 27.8 Å². The van der Waals surface area contributed by atoms with E-state index in [0.717, 1.165) is 16.6 Å². The van der Waals surface area contributed by atoms with Crippen LogP contribution in [-0.4, -0.2) is 15.9 Å². The van der Waals surface area contributed by atoms with Crippen LogP contribution in [0.25, 0.3) is 22.0 Å². The van der Waals surface area contributed by atoms with Crippen molar-refractivity contribution >= 4 is 28.4 Å². The predicted molar refractivity (Wildman–Crippen MR) is 113 cm³/mol. The van der Waals surface area contributed by atoms with Gasteiger partial charge >= 0.3 is 0 Å². The smallest absolute Gasteiger partial charge is 0.256 e. The van der Waals surface area contributed by atoms with E-state index in [9.17, 15) is 9.18 Å². The number of hydrogen-bond acceptors (Lipinski definition) is 4. The summed E-state index contributed by atoms with van der Waals surface area (Å²) in [4.78, 5) is 21.1. The Morgan fingerprint density at radius 2 is 1.66 bits per heavy atom. The van der Waals surface area contributed by atoms with Crippen LogP contribution in [0.5, 0.6) is 0 Å². The van der Waals surface area contributed by atoms with Gasteiger partial charge in [0.25, 0.3) is 5.91 Å². The molecular weight excluding hydrogens is 367 g/mol. The number of benzene rings is 2. The van der Waals surface area contributed by atoms with Gasteiger partial charge in [0.1, 0.15) is 17.5 Å². The molecule has 144 valence electrons. The average molecular weight is 386 g/mol. The van der Waals surface area contributed by atoms with Crippen molar-refractivity contribution < 1.29 is 9.18 Å². The number of aromatic nitrogens is 2. The maximum absolute atomic E-state index is 14.7. The first-order chi connectivity index (χ1) is 13.9. The quantitative estimate of drug-likeness (QED) is 0.525. The molecule has 0 aliphatic rings. The van der Waals surface area contributed by atoms with Crippen LogP contribution in [-0.2, 0) is 0 Å². The fraction of sp³-hybridized carbons (Fsp3) is 0.0870. The third kappa shape index (κ3) is 3.65. The van der Waals surface area contributed by atoms with E-state index in [4.69, 9.17) is 5.73 Å². The van der Waals surface area contributed by atoms with Crippen LogP contribution in [0.2, 0.25) is 0 Å². The minimum absolute atomic E-state index is 0.112. The van der Waals surface area contributed by atoms with E-state index >= 15 is 0 Å². The highest BCUT2D eigenvalue weighted by molar-refractivity contribution is 6.04. The summed E-state index contributed by atoms with van der Waals surface area (Å²) in [6, 6.07) is 17.3. The SMILES string of the molecule is Cc1ccc(C(=O)Nc2ccc(-c3c(F)ccc4ccc(C)nc34)c(N)n2)cc1. The van der Waals surface area contributed by atoms with E-state index in [1.54, 1.807) is 30.3 Å². The van der Waals surface area contributed by atoms with Crippen molar-refractivity contribution in [1.29, 1.82) is 0 Å². The summed E-state index contributed by atoms with van der Waals surface area (Å²) in [5, 5.41) is 3.53. The number of carbonyl (C=O) groups is 1. The Kier molecular flexibility index (Phi) is 4.68. The highest BCUT2D eigenvalue weighted by Gasteiger charge is 2.16. The summed E-state index contributed by atoms with van der Waals surface area (Å²) in [6.07, 6.45) is 0. The zero-order chi connectivity index (χ0) is 20.5. The second-order valence-electron chi connectivity index (χ2n) is 6.90. The number of fused-ring (bicyclic) bond motifs is 1. The highest BCUT2D eigenvalue weighted by atomic mass is 19.1. The number of carbonyl (C=O) groups excluding carboxylic acids is 1. The van der Waals surface area contributed by atoms with Gasteiger partial charge in [-0.3, -0.25) is 9.78 Å². The summed E-state index contributed by atoms with van der Waals surface area (Å²) in [6.45, 7) is 3.80. The lowest BCUT2D eigenvalue weighted by Gasteiger charge is -2.12. The zero-order valence-electron chi connectivity index (χ0n) is 16.0. The van der Waals surface area contributed by atoms with Crippen LogP contribution >= 0.6 is 0 Å². The monoisotopic (exact) mass is 386 g/mol. The molecule has 0 saturated carbocycles. The van der Waals surface area contributed by atoms with Gasteiger partial charge in [-0.25, -0.2) is 9.37 Å². The number of nitrogen functional groups attached to an aromatic ring is 1. The molecule has 0 aliphatic carbocycles. The number of nitrogens with zero attached hydrogens (tertiary/aromatic N) is 2. The van der Waals surface area contributed by atoms with Crippen molar-refractivity contribution in [2.24, 2.45) is 0 Å². The van der Waals surface area contributed by atoms with E-state index in [0.29, 0.717) is 28.0 Å². The van der Waals surface area contributed by atoms with Crippen LogP contribution in [0.4, 0.5) is 16.0 Å². The van der Waals surface area contributed by atoms with Crippen molar-refractivity contribution in [2.75, 3.05) is 11.1 Å². The predicted octanol–water partition coefficient (Wildman–Crippen LogP) is 4.89. The van der Waals surface area contributed by atoms with Gasteiger partial charge in [-0.15, -0.1) is 0 Å². The van der Waals surface area contributed by atoms with Crippen LogP contribution in [0.15, 0.2) is 60.7 Å². The molecule has 0 spiro atoms. The number of hydrogen-bond donors (Lipinski definition) is 2. The normalized spacial score (nSPS) is 10.9. The van der Waals surface area contributed by atoms with E-state index < -0.39 is 5.82 Å². The molecule has 0 fully saturated rings. The molecule has 0 aliphatic heterocycles. The molecule has 1 amide bonds. The summed E-state index contributed by atoms with van der Waals surface area (Å²) in [5.41, 5.74) is 9.73. The van der Waals surface area contributed by atoms with Gasteiger partial charge in [-0.2, -0.15) is 0 Å². The second kappa shape index (κ2) is 7.31. The summed E-state index contributed by atoms with van der Waals surface area (Å²) in [7, 11) is 0. The molecule has 0 bridgehead atoms. The lowest BCUT2D eigenvalue weighted by molar-refractivity contribution is 0.102. The summed E-state index contributed by atoms with van der Waals surface area (Å²) in [5.74, 6) is -0.318. The third-order valence-corrected chi connectivity index (χ3v) is 4.70. The minimum atomic E-state index is -0.430. The molecule has 2 aromatic heterocycles. The van der Waals surface area contributed by atoms with E-state index in [1.165, 1.54) is 6.07 Å². The van der Waals surface area contributed by atoms with Crippen LogP contribution in [0.3, 0.4) is 0 Å². The molecule has 4 aromatic rings. The molecule has 29 heavy (non-hydrogen) atoms. The molecule has 4 rings (SSSR count). The molecule has 0 unspecified atom stereocenters. The Hall–Kier alpha value is -3.80. The van der Waals surface area contributed by atoms with Crippen LogP contribution in [0, 0.1) is 19.7 Å².